The van der Waals surface area contributed by atoms with E-state index in [9.17, 15) is 9.59 Å². The summed E-state index contributed by atoms with van der Waals surface area (Å²) < 4.78 is 0. The molecule has 0 bridgehead atoms. The predicted molar refractivity (Wildman–Crippen MR) is 50.3 cm³/mol. The molecule has 0 aromatic heterocycles. The van der Waals surface area contributed by atoms with Crippen molar-refractivity contribution in [2.75, 3.05) is 13.1 Å². The Hall–Kier alpha value is -0.700. The van der Waals surface area contributed by atoms with Crippen LogP contribution >= 0.6 is 0 Å². The minimum absolute atomic E-state index is 0.250. The van der Waals surface area contributed by atoms with Crippen LogP contribution in [0.4, 0.5) is 0 Å². The van der Waals surface area contributed by atoms with Gasteiger partial charge in [0.05, 0.1) is 0 Å². The summed E-state index contributed by atoms with van der Waals surface area (Å²) in [5.74, 6) is 0.0127. The van der Waals surface area contributed by atoms with Gasteiger partial charge in [-0.3, -0.25) is 9.59 Å². The van der Waals surface area contributed by atoms with Gasteiger partial charge in [0.2, 0.25) is 11.6 Å². The van der Waals surface area contributed by atoms with Gasteiger partial charge in [0.1, 0.15) is 5.92 Å². The van der Waals surface area contributed by atoms with Crippen molar-refractivity contribution >= 4 is 11.6 Å². The summed E-state index contributed by atoms with van der Waals surface area (Å²) in [5.41, 5.74) is 0. The molecule has 0 aliphatic heterocycles. The Bertz CT molecular complexity index is 209. The van der Waals surface area contributed by atoms with E-state index in [1.165, 1.54) is 0 Å². The third-order valence-corrected chi connectivity index (χ3v) is 2.48. The lowest BCUT2D eigenvalue weighted by atomic mass is 10.2. The molecule has 0 spiro atoms. The fourth-order valence-corrected chi connectivity index (χ4v) is 1.45. The standard InChI is InChI=1S/C10H16NO2/c1-4-11(7(2)3)6-5-8-9(12)10(8)13/h7H,4-6H2,1-3H3. The van der Waals surface area contributed by atoms with Crippen molar-refractivity contribution in [1.29, 1.82) is 0 Å². The van der Waals surface area contributed by atoms with E-state index in [4.69, 9.17) is 0 Å². The van der Waals surface area contributed by atoms with E-state index in [0.717, 1.165) is 13.1 Å². The first-order chi connectivity index (χ1) is 6.07. The Labute approximate surface area is 79.1 Å². The van der Waals surface area contributed by atoms with Crippen LogP contribution in [0.5, 0.6) is 0 Å². The largest absolute Gasteiger partial charge is 0.301 e. The van der Waals surface area contributed by atoms with E-state index in [1.54, 1.807) is 0 Å². The molecule has 0 saturated heterocycles. The number of ketones is 2. The topological polar surface area (TPSA) is 37.4 Å². The van der Waals surface area contributed by atoms with E-state index in [2.05, 4.69) is 25.7 Å². The van der Waals surface area contributed by atoms with Crippen LogP contribution in [0.1, 0.15) is 27.2 Å². The maximum atomic E-state index is 10.7. The van der Waals surface area contributed by atoms with E-state index < -0.39 is 0 Å². The van der Waals surface area contributed by atoms with Gasteiger partial charge < -0.3 is 4.90 Å². The summed E-state index contributed by atoms with van der Waals surface area (Å²) >= 11 is 0. The quantitative estimate of drug-likeness (QED) is 0.591. The zero-order valence-corrected chi connectivity index (χ0v) is 8.46. The Balaban J connectivity index is 2.25. The summed E-state index contributed by atoms with van der Waals surface area (Å²) in [6.07, 6.45) is 0.629. The minimum atomic E-state index is -0.250. The third kappa shape index (κ3) is 2.37. The SMILES string of the molecule is CCN(CC[C]1C(=O)C1=O)C(C)C. The fourth-order valence-electron chi connectivity index (χ4n) is 1.45. The highest BCUT2D eigenvalue weighted by Crippen LogP contribution is 2.25. The lowest BCUT2D eigenvalue weighted by Crippen LogP contribution is -2.31. The van der Waals surface area contributed by atoms with Gasteiger partial charge in [-0.15, -0.1) is 0 Å². The molecule has 73 valence electrons. The van der Waals surface area contributed by atoms with Crippen LogP contribution in [-0.2, 0) is 9.59 Å². The van der Waals surface area contributed by atoms with E-state index >= 15 is 0 Å². The maximum Gasteiger partial charge on any atom is 0.215 e. The molecule has 0 unspecified atom stereocenters. The lowest BCUT2D eigenvalue weighted by molar-refractivity contribution is -0.122. The Morgan fingerprint density at radius 2 is 1.77 bits per heavy atom. The van der Waals surface area contributed by atoms with Gasteiger partial charge in [0.15, 0.2) is 0 Å². The zero-order valence-electron chi connectivity index (χ0n) is 8.46. The Kier molecular flexibility index (Phi) is 3.20. The molecule has 3 nitrogen and oxygen atoms in total. The Morgan fingerprint density at radius 3 is 2.08 bits per heavy atom. The molecule has 1 radical (unpaired) electrons. The molecule has 0 N–H and O–H groups in total. The summed E-state index contributed by atoms with van der Waals surface area (Å²) in [7, 11) is 0. The Morgan fingerprint density at radius 1 is 1.23 bits per heavy atom. The third-order valence-electron chi connectivity index (χ3n) is 2.48. The molecule has 0 atom stereocenters. The van der Waals surface area contributed by atoms with Crippen molar-refractivity contribution in [2.45, 2.75) is 33.2 Å². The number of rotatable bonds is 5. The second-order valence-electron chi connectivity index (χ2n) is 3.61. The van der Waals surface area contributed by atoms with E-state index in [1.807, 2.05) is 0 Å². The minimum Gasteiger partial charge on any atom is -0.301 e. The van der Waals surface area contributed by atoms with Crippen LogP contribution in [-0.4, -0.2) is 35.6 Å². The van der Waals surface area contributed by atoms with Crippen LogP contribution in [0.3, 0.4) is 0 Å². The van der Waals surface area contributed by atoms with Crippen molar-refractivity contribution in [3.63, 3.8) is 0 Å². The van der Waals surface area contributed by atoms with Gasteiger partial charge in [-0.2, -0.15) is 0 Å². The first-order valence-electron chi connectivity index (χ1n) is 4.76. The van der Waals surface area contributed by atoms with Crippen molar-refractivity contribution < 1.29 is 9.59 Å². The average Bonchev–Trinajstić information content (AvgIpc) is 2.62. The van der Waals surface area contributed by atoms with E-state index in [0.29, 0.717) is 18.4 Å². The van der Waals surface area contributed by atoms with Crippen LogP contribution in [0.2, 0.25) is 0 Å². The molecule has 1 fully saturated rings. The number of hydrogen-bond donors (Lipinski definition) is 0. The fraction of sp³-hybridized carbons (Fsp3) is 0.700. The number of Topliss-reactive ketones (excluding diaryl/α,β-unsaturated/α-hetero) is 2. The van der Waals surface area contributed by atoms with Crippen LogP contribution in [0.15, 0.2) is 0 Å². The highest BCUT2D eigenvalue weighted by atomic mass is 16.2. The predicted octanol–water partition coefficient (Wildman–Crippen LogP) is 0.833. The van der Waals surface area contributed by atoms with Crippen LogP contribution < -0.4 is 0 Å². The molecule has 0 amide bonds. The highest BCUT2D eigenvalue weighted by molar-refractivity contribution is 6.71. The summed E-state index contributed by atoms with van der Waals surface area (Å²) in [4.78, 5) is 23.6. The van der Waals surface area contributed by atoms with Crippen molar-refractivity contribution in [3.8, 4) is 0 Å². The summed E-state index contributed by atoms with van der Waals surface area (Å²) in [6.45, 7) is 8.10. The van der Waals surface area contributed by atoms with E-state index in [-0.39, 0.29) is 11.6 Å². The van der Waals surface area contributed by atoms with Gasteiger partial charge in [-0.05, 0) is 33.4 Å². The van der Waals surface area contributed by atoms with Crippen LogP contribution in [0.25, 0.3) is 0 Å². The first kappa shape index (κ1) is 10.4. The molecule has 1 saturated carbocycles. The number of nitrogens with zero attached hydrogens (tertiary/aromatic N) is 1. The van der Waals surface area contributed by atoms with Crippen molar-refractivity contribution in [1.82, 2.24) is 4.90 Å². The smallest absolute Gasteiger partial charge is 0.215 e. The molecule has 1 aliphatic rings. The maximum absolute atomic E-state index is 10.7. The van der Waals surface area contributed by atoms with Gasteiger partial charge in [-0.1, -0.05) is 6.92 Å². The number of carbonyl (C=O) groups is 2. The monoisotopic (exact) mass is 182 g/mol. The van der Waals surface area contributed by atoms with Crippen LogP contribution in [0, 0.1) is 5.92 Å². The van der Waals surface area contributed by atoms with Crippen molar-refractivity contribution in [2.24, 2.45) is 0 Å². The lowest BCUT2D eigenvalue weighted by Gasteiger charge is -2.23. The molecular weight excluding hydrogens is 166 g/mol. The molecule has 1 aliphatic carbocycles. The van der Waals surface area contributed by atoms with Gasteiger partial charge in [-0.25, -0.2) is 0 Å². The van der Waals surface area contributed by atoms with Crippen molar-refractivity contribution in [3.05, 3.63) is 5.92 Å². The highest BCUT2D eigenvalue weighted by Gasteiger charge is 2.48. The number of hydrogen-bond acceptors (Lipinski definition) is 3. The number of carbonyl (C=O) groups excluding carboxylic acids is 2. The molecule has 3 heteroatoms. The van der Waals surface area contributed by atoms with Gasteiger partial charge in [0.25, 0.3) is 0 Å². The van der Waals surface area contributed by atoms with Gasteiger partial charge >= 0.3 is 0 Å². The molecule has 13 heavy (non-hydrogen) atoms. The molecule has 0 aromatic carbocycles. The molecule has 1 rings (SSSR count). The molecular formula is C10H16NO2. The zero-order chi connectivity index (χ0) is 10.0. The molecule has 0 aromatic rings. The second-order valence-corrected chi connectivity index (χ2v) is 3.61. The normalized spacial score (nSPS) is 17.6. The second kappa shape index (κ2) is 4.01. The average molecular weight is 182 g/mol. The summed E-state index contributed by atoms with van der Waals surface area (Å²) in [6, 6.07) is 0.481. The summed E-state index contributed by atoms with van der Waals surface area (Å²) in [5, 5.41) is 0. The molecule has 0 heterocycles. The first-order valence-corrected chi connectivity index (χ1v) is 4.76. The van der Waals surface area contributed by atoms with Gasteiger partial charge in [0, 0.05) is 6.04 Å².